The molecule has 2 aliphatic rings. The number of rotatable bonds is 4. The van der Waals surface area contributed by atoms with E-state index in [-0.39, 0.29) is 17.9 Å². The minimum absolute atomic E-state index is 0.0405. The number of amides is 2. The fourth-order valence-corrected chi connectivity index (χ4v) is 4.20. The smallest absolute Gasteiger partial charge is 0.225 e. The molecule has 0 aromatic heterocycles. The Hall–Kier alpha value is -2.92. The van der Waals surface area contributed by atoms with Gasteiger partial charge in [0.15, 0.2) is 0 Å². The third kappa shape index (κ3) is 4.40. The van der Waals surface area contributed by atoms with Crippen molar-refractivity contribution in [1.82, 2.24) is 14.7 Å². The minimum Gasteiger partial charge on any atom is -0.340 e. The Balaban J connectivity index is 1.39. The molecule has 29 heavy (non-hydrogen) atoms. The van der Waals surface area contributed by atoms with E-state index in [1.165, 1.54) is 5.56 Å². The monoisotopic (exact) mass is 389 g/mol. The largest absolute Gasteiger partial charge is 0.340 e. The van der Waals surface area contributed by atoms with Gasteiger partial charge in [0.25, 0.3) is 0 Å². The highest BCUT2D eigenvalue weighted by molar-refractivity contribution is 5.82. The third-order valence-electron chi connectivity index (χ3n) is 5.81. The average Bonchev–Trinajstić information content (AvgIpc) is 2.75. The summed E-state index contributed by atoms with van der Waals surface area (Å²) >= 11 is 0. The SMILES string of the molecule is CC(=O)N1C=Cc2ccccc2[C@@H]1CC(=O)N1CCN(Cc2ccccc2)CC1. The summed E-state index contributed by atoms with van der Waals surface area (Å²) in [6.07, 6.45) is 4.07. The summed E-state index contributed by atoms with van der Waals surface area (Å²) < 4.78 is 0. The first kappa shape index (κ1) is 19.4. The Morgan fingerprint density at radius 3 is 2.34 bits per heavy atom. The van der Waals surface area contributed by atoms with Crippen LogP contribution in [0.1, 0.15) is 36.1 Å². The van der Waals surface area contributed by atoms with E-state index < -0.39 is 0 Å². The molecule has 1 atom stereocenters. The Kier molecular flexibility index (Phi) is 5.76. The second-order valence-electron chi connectivity index (χ2n) is 7.73. The number of carbonyl (C=O) groups excluding carboxylic acids is 2. The van der Waals surface area contributed by atoms with Crippen LogP contribution in [0.25, 0.3) is 6.08 Å². The predicted molar refractivity (Wildman–Crippen MR) is 114 cm³/mol. The van der Waals surface area contributed by atoms with Crippen molar-refractivity contribution in [2.75, 3.05) is 26.2 Å². The molecule has 0 radical (unpaired) electrons. The lowest BCUT2D eigenvalue weighted by Gasteiger charge is -2.37. The van der Waals surface area contributed by atoms with Gasteiger partial charge in [-0.3, -0.25) is 14.5 Å². The number of hydrogen-bond acceptors (Lipinski definition) is 3. The van der Waals surface area contributed by atoms with Crippen molar-refractivity contribution in [3.8, 4) is 0 Å². The normalized spacial score (nSPS) is 19.1. The first-order valence-electron chi connectivity index (χ1n) is 10.2. The van der Waals surface area contributed by atoms with Crippen LogP contribution in [-0.2, 0) is 16.1 Å². The topological polar surface area (TPSA) is 43.9 Å². The van der Waals surface area contributed by atoms with Gasteiger partial charge in [0.2, 0.25) is 11.8 Å². The van der Waals surface area contributed by atoms with E-state index in [4.69, 9.17) is 0 Å². The molecule has 0 aliphatic carbocycles. The van der Waals surface area contributed by atoms with E-state index in [1.807, 2.05) is 41.3 Å². The van der Waals surface area contributed by atoms with Crippen LogP contribution in [0.2, 0.25) is 0 Å². The second-order valence-corrected chi connectivity index (χ2v) is 7.73. The van der Waals surface area contributed by atoms with Crippen LogP contribution in [-0.4, -0.2) is 52.7 Å². The van der Waals surface area contributed by atoms with Gasteiger partial charge in [0.05, 0.1) is 12.5 Å². The average molecular weight is 389 g/mol. The molecule has 1 fully saturated rings. The van der Waals surface area contributed by atoms with Gasteiger partial charge in [0, 0.05) is 45.8 Å². The number of fused-ring (bicyclic) bond motifs is 1. The van der Waals surface area contributed by atoms with Gasteiger partial charge in [0.1, 0.15) is 0 Å². The van der Waals surface area contributed by atoms with Crippen molar-refractivity contribution >= 4 is 17.9 Å². The molecule has 2 aromatic rings. The van der Waals surface area contributed by atoms with Crippen LogP contribution in [0.4, 0.5) is 0 Å². The highest BCUT2D eigenvalue weighted by Gasteiger charge is 2.30. The molecule has 2 amide bonds. The molecule has 0 N–H and O–H groups in total. The molecule has 5 nitrogen and oxygen atoms in total. The van der Waals surface area contributed by atoms with Gasteiger partial charge in [-0.2, -0.15) is 0 Å². The molecule has 4 rings (SSSR count). The van der Waals surface area contributed by atoms with Gasteiger partial charge in [-0.1, -0.05) is 54.6 Å². The molecule has 0 bridgehead atoms. The van der Waals surface area contributed by atoms with E-state index in [9.17, 15) is 9.59 Å². The zero-order chi connectivity index (χ0) is 20.2. The summed E-state index contributed by atoms with van der Waals surface area (Å²) in [7, 11) is 0. The standard InChI is InChI=1S/C24H27N3O2/c1-19(28)27-12-11-21-9-5-6-10-22(21)23(27)17-24(29)26-15-13-25(14-16-26)18-20-7-3-2-4-8-20/h2-12,23H,13-18H2,1H3/t23-/m0/s1. The summed E-state index contributed by atoms with van der Waals surface area (Å²) in [6.45, 7) is 5.68. The van der Waals surface area contributed by atoms with Gasteiger partial charge >= 0.3 is 0 Å². The number of hydrogen-bond donors (Lipinski definition) is 0. The van der Waals surface area contributed by atoms with E-state index in [2.05, 4.69) is 29.2 Å². The maximum absolute atomic E-state index is 13.1. The molecule has 5 heteroatoms. The summed E-state index contributed by atoms with van der Waals surface area (Å²) in [4.78, 5) is 31.2. The quantitative estimate of drug-likeness (QED) is 0.806. The fourth-order valence-electron chi connectivity index (χ4n) is 4.20. The second kappa shape index (κ2) is 8.62. The Labute approximate surface area is 172 Å². The van der Waals surface area contributed by atoms with Crippen LogP contribution in [0.3, 0.4) is 0 Å². The van der Waals surface area contributed by atoms with E-state index in [0.717, 1.165) is 43.9 Å². The number of carbonyl (C=O) groups is 2. The van der Waals surface area contributed by atoms with Crippen LogP contribution < -0.4 is 0 Å². The lowest BCUT2D eigenvalue weighted by atomic mass is 9.93. The van der Waals surface area contributed by atoms with Gasteiger partial charge < -0.3 is 9.80 Å². The molecular weight excluding hydrogens is 362 g/mol. The minimum atomic E-state index is -0.233. The summed E-state index contributed by atoms with van der Waals surface area (Å²) in [5.41, 5.74) is 3.42. The lowest BCUT2D eigenvalue weighted by Crippen LogP contribution is -2.49. The van der Waals surface area contributed by atoms with Gasteiger partial charge in [-0.25, -0.2) is 0 Å². The van der Waals surface area contributed by atoms with E-state index in [1.54, 1.807) is 18.0 Å². The third-order valence-corrected chi connectivity index (χ3v) is 5.81. The maximum atomic E-state index is 13.1. The Bertz CT molecular complexity index is 901. The van der Waals surface area contributed by atoms with Crippen molar-refractivity contribution in [3.63, 3.8) is 0 Å². The highest BCUT2D eigenvalue weighted by atomic mass is 16.2. The van der Waals surface area contributed by atoms with E-state index in [0.29, 0.717) is 6.42 Å². The van der Waals surface area contributed by atoms with Crippen LogP contribution in [0.15, 0.2) is 60.8 Å². The molecule has 1 saturated heterocycles. The lowest BCUT2D eigenvalue weighted by molar-refractivity contribution is -0.136. The molecule has 0 spiro atoms. The molecular formula is C24H27N3O2. The number of piperazine rings is 1. The number of nitrogens with zero attached hydrogens (tertiary/aromatic N) is 3. The molecule has 0 saturated carbocycles. The molecule has 2 heterocycles. The first-order valence-corrected chi connectivity index (χ1v) is 10.2. The highest BCUT2D eigenvalue weighted by Crippen LogP contribution is 2.33. The van der Waals surface area contributed by atoms with Crippen molar-refractivity contribution < 1.29 is 9.59 Å². The summed E-state index contributed by atoms with van der Waals surface area (Å²) in [5.74, 6) is 0.0759. The first-order chi connectivity index (χ1) is 14.1. The van der Waals surface area contributed by atoms with Crippen molar-refractivity contribution in [1.29, 1.82) is 0 Å². The van der Waals surface area contributed by atoms with Crippen LogP contribution in [0.5, 0.6) is 0 Å². The van der Waals surface area contributed by atoms with E-state index >= 15 is 0 Å². The predicted octanol–water partition coefficient (Wildman–Crippen LogP) is 3.30. The molecule has 2 aliphatic heterocycles. The maximum Gasteiger partial charge on any atom is 0.225 e. The van der Waals surface area contributed by atoms with Crippen molar-refractivity contribution in [2.24, 2.45) is 0 Å². The van der Waals surface area contributed by atoms with Crippen LogP contribution >= 0.6 is 0 Å². The Morgan fingerprint density at radius 2 is 1.62 bits per heavy atom. The summed E-state index contributed by atoms with van der Waals surface area (Å²) in [5, 5.41) is 0. The molecule has 150 valence electrons. The van der Waals surface area contributed by atoms with Crippen molar-refractivity contribution in [3.05, 3.63) is 77.5 Å². The molecule has 0 unspecified atom stereocenters. The fraction of sp³-hybridized carbons (Fsp3) is 0.333. The Morgan fingerprint density at radius 1 is 0.931 bits per heavy atom. The zero-order valence-corrected chi connectivity index (χ0v) is 16.8. The van der Waals surface area contributed by atoms with Crippen LogP contribution in [0, 0.1) is 0 Å². The van der Waals surface area contributed by atoms with Gasteiger partial charge in [-0.05, 0) is 22.8 Å². The molecule has 2 aromatic carbocycles. The summed E-state index contributed by atoms with van der Waals surface area (Å²) in [6, 6.07) is 18.2. The van der Waals surface area contributed by atoms with Crippen molar-refractivity contribution in [2.45, 2.75) is 25.9 Å². The van der Waals surface area contributed by atoms with Gasteiger partial charge in [-0.15, -0.1) is 0 Å². The zero-order valence-electron chi connectivity index (χ0n) is 16.8. The number of benzene rings is 2.